The van der Waals surface area contributed by atoms with Gasteiger partial charge in [0.25, 0.3) is 0 Å². The molecule has 4 rings (SSSR count). The molecule has 0 fully saturated rings. The van der Waals surface area contributed by atoms with Crippen LogP contribution in [0.3, 0.4) is 0 Å². The molecule has 0 saturated heterocycles. The Morgan fingerprint density at radius 1 is 1.00 bits per heavy atom. The molecular formula is C19H14N4O2. The maximum Gasteiger partial charge on any atom is 0.335 e. The van der Waals surface area contributed by atoms with E-state index in [0.717, 1.165) is 11.2 Å². The van der Waals surface area contributed by atoms with E-state index >= 15 is 0 Å². The monoisotopic (exact) mass is 330 g/mol. The summed E-state index contributed by atoms with van der Waals surface area (Å²) < 4.78 is 1.96. The summed E-state index contributed by atoms with van der Waals surface area (Å²) in [6, 6.07) is 16.7. The normalized spacial score (nSPS) is 10.9. The van der Waals surface area contributed by atoms with Crippen molar-refractivity contribution < 1.29 is 9.90 Å². The van der Waals surface area contributed by atoms with Crippen LogP contribution in [0.15, 0.2) is 67.3 Å². The number of aromatic carboxylic acids is 1. The van der Waals surface area contributed by atoms with Crippen molar-refractivity contribution in [2.75, 3.05) is 0 Å². The fourth-order valence-electron chi connectivity index (χ4n) is 2.79. The van der Waals surface area contributed by atoms with Crippen molar-refractivity contribution in [1.29, 1.82) is 0 Å². The summed E-state index contributed by atoms with van der Waals surface area (Å²) in [4.78, 5) is 24.3. The van der Waals surface area contributed by atoms with Crippen molar-refractivity contribution >= 4 is 17.1 Å². The third-order valence-corrected chi connectivity index (χ3v) is 3.98. The lowest BCUT2D eigenvalue weighted by Crippen LogP contribution is -2.00. The third kappa shape index (κ3) is 2.85. The number of rotatable bonds is 4. The lowest BCUT2D eigenvalue weighted by atomic mass is 10.1. The van der Waals surface area contributed by atoms with Crippen LogP contribution in [-0.2, 0) is 6.54 Å². The van der Waals surface area contributed by atoms with E-state index in [0.29, 0.717) is 23.3 Å². The van der Waals surface area contributed by atoms with E-state index in [4.69, 9.17) is 0 Å². The molecule has 0 saturated carbocycles. The van der Waals surface area contributed by atoms with Crippen molar-refractivity contribution in [3.63, 3.8) is 0 Å². The molecule has 6 nitrogen and oxygen atoms in total. The van der Waals surface area contributed by atoms with Crippen LogP contribution in [0, 0.1) is 0 Å². The SMILES string of the molecule is O=C(O)c1cccc(-c2ncnc3c2ncn3Cc2ccccc2)c1. The molecule has 0 unspecified atom stereocenters. The molecule has 0 atom stereocenters. The number of imidazole rings is 1. The first-order valence-electron chi connectivity index (χ1n) is 7.76. The Labute approximate surface area is 143 Å². The first-order chi connectivity index (χ1) is 12.2. The molecule has 0 bridgehead atoms. The molecule has 122 valence electrons. The fraction of sp³-hybridized carbons (Fsp3) is 0.0526. The average molecular weight is 330 g/mol. The predicted molar refractivity (Wildman–Crippen MR) is 93.3 cm³/mol. The highest BCUT2D eigenvalue weighted by Crippen LogP contribution is 2.25. The van der Waals surface area contributed by atoms with E-state index in [1.165, 1.54) is 6.33 Å². The van der Waals surface area contributed by atoms with Crippen LogP contribution in [0.1, 0.15) is 15.9 Å². The second-order valence-corrected chi connectivity index (χ2v) is 5.64. The van der Waals surface area contributed by atoms with Gasteiger partial charge in [-0.05, 0) is 17.7 Å². The quantitative estimate of drug-likeness (QED) is 0.621. The summed E-state index contributed by atoms with van der Waals surface area (Å²) in [5.41, 5.74) is 4.07. The smallest absolute Gasteiger partial charge is 0.335 e. The number of fused-ring (bicyclic) bond motifs is 1. The van der Waals surface area contributed by atoms with Crippen LogP contribution in [0.25, 0.3) is 22.4 Å². The third-order valence-electron chi connectivity index (χ3n) is 3.98. The van der Waals surface area contributed by atoms with E-state index in [1.54, 1.807) is 24.5 Å². The van der Waals surface area contributed by atoms with Gasteiger partial charge in [-0.3, -0.25) is 0 Å². The highest BCUT2D eigenvalue weighted by Gasteiger charge is 2.13. The van der Waals surface area contributed by atoms with Crippen LogP contribution in [0.5, 0.6) is 0 Å². The van der Waals surface area contributed by atoms with Gasteiger partial charge in [0.05, 0.1) is 18.4 Å². The molecule has 0 aliphatic carbocycles. The summed E-state index contributed by atoms with van der Waals surface area (Å²) >= 11 is 0. The summed E-state index contributed by atoms with van der Waals surface area (Å²) in [6.07, 6.45) is 3.21. The van der Waals surface area contributed by atoms with E-state index in [1.807, 2.05) is 41.0 Å². The largest absolute Gasteiger partial charge is 0.478 e. The van der Waals surface area contributed by atoms with Gasteiger partial charge in [-0.2, -0.15) is 0 Å². The number of hydrogen-bond donors (Lipinski definition) is 1. The summed E-state index contributed by atoms with van der Waals surface area (Å²) in [7, 11) is 0. The zero-order valence-corrected chi connectivity index (χ0v) is 13.2. The minimum absolute atomic E-state index is 0.216. The zero-order valence-electron chi connectivity index (χ0n) is 13.2. The first kappa shape index (κ1) is 15.0. The van der Waals surface area contributed by atoms with Gasteiger partial charge in [0.1, 0.15) is 17.5 Å². The Morgan fingerprint density at radius 2 is 1.84 bits per heavy atom. The number of nitrogens with zero attached hydrogens (tertiary/aromatic N) is 4. The van der Waals surface area contributed by atoms with Crippen molar-refractivity contribution in [3.05, 3.63) is 78.4 Å². The second kappa shape index (κ2) is 6.16. The minimum atomic E-state index is -0.971. The Balaban J connectivity index is 1.79. The van der Waals surface area contributed by atoms with Crippen LogP contribution < -0.4 is 0 Å². The van der Waals surface area contributed by atoms with Gasteiger partial charge < -0.3 is 9.67 Å². The molecule has 0 aliphatic rings. The van der Waals surface area contributed by atoms with Gasteiger partial charge in [0, 0.05) is 5.56 Å². The van der Waals surface area contributed by atoms with Gasteiger partial charge in [-0.25, -0.2) is 19.7 Å². The fourth-order valence-corrected chi connectivity index (χ4v) is 2.79. The number of carboxylic acid groups (broad SMARTS) is 1. The molecule has 0 radical (unpaired) electrons. The number of carbonyl (C=O) groups is 1. The van der Waals surface area contributed by atoms with Crippen molar-refractivity contribution in [2.24, 2.45) is 0 Å². The van der Waals surface area contributed by atoms with Crippen molar-refractivity contribution in [1.82, 2.24) is 19.5 Å². The average Bonchev–Trinajstić information content (AvgIpc) is 3.06. The standard InChI is InChI=1S/C19H14N4O2/c24-19(25)15-8-4-7-14(9-15)16-17-18(21-11-20-16)23(12-22-17)10-13-5-2-1-3-6-13/h1-9,11-12H,10H2,(H,24,25). The summed E-state index contributed by atoms with van der Waals surface area (Å²) in [5.74, 6) is -0.971. The van der Waals surface area contributed by atoms with Gasteiger partial charge in [-0.15, -0.1) is 0 Å². The molecular weight excluding hydrogens is 316 g/mol. The second-order valence-electron chi connectivity index (χ2n) is 5.64. The van der Waals surface area contributed by atoms with Crippen LogP contribution >= 0.6 is 0 Å². The molecule has 2 aromatic carbocycles. The first-order valence-corrected chi connectivity index (χ1v) is 7.76. The lowest BCUT2D eigenvalue weighted by molar-refractivity contribution is 0.0697. The number of benzene rings is 2. The molecule has 25 heavy (non-hydrogen) atoms. The van der Waals surface area contributed by atoms with Gasteiger partial charge in [0.2, 0.25) is 0 Å². The van der Waals surface area contributed by atoms with E-state index in [-0.39, 0.29) is 5.56 Å². The Hall–Kier alpha value is -3.54. The molecule has 0 spiro atoms. The molecule has 1 N–H and O–H groups in total. The topological polar surface area (TPSA) is 80.9 Å². The van der Waals surface area contributed by atoms with Crippen LogP contribution in [0.4, 0.5) is 0 Å². The Bertz CT molecular complexity index is 1060. The van der Waals surface area contributed by atoms with E-state index in [9.17, 15) is 9.90 Å². The van der Waals surface area contributed by atoms with Gasteiger partial charge in [-0.1, -0.05) is 42.5 Å². The number of carboxylic acids is 1. The molecule has 0 amide bonds. The van der Waals surface area contributed by atoms with E-state index in [2.05, 4.69) is 15.0 Å². The molecule has 2 aromatic heterocycles. The maximum atomic E-state index is 11.2. The van der Waals surface area contributed by atoms with Crippen LogP contribution in [0.2, 0.25) is 0 Å². The van der Waals surface area contributed by atoms with Crippen LogP contribution in [-0.4, -0.2) is 30.6 Å². The maximum absolute atomic E-state index is 11.2. The molecule has 2 heterocycles. The Morgan fingerprint density at radius 3 is 2.64 bits per heavy atom. The van der Waals surface area contributed by atoms with Crippen molar-refractivity contribution in [3.8, 4) is 11.3 Å². The van der Waals surface area contributed by atoms with Crippen molar-refractivity contribution in [2.45, 2.75) is 6.54 Å². The Kier molecular flexibility index (Phi) is 3.70. The van der Waals surface area contributed by atoms with E-state index < -0.39 is 5.97 Å². The van der Waals surface area contributed by atoms with Gasteiger partial charge in [0.15, 0.2) is 5.65 Å². The summed E-state index contributed by atoms with van der Waals surface area (Å²) in [6.45, 7) is 0.656. The minimum Gasteiger partial charge on any atom is -0.478 e. The van der Waals surface area contributed by atoms with Gasteiger partial charge >= 0.3 is 5.97 Å². The predicted octanol–water partition coefficient (Wildman–Crippen LogP) is 3.24. The molecule has 6 heteroatoms. The number of aromatic nitrogens is 4. The zero-order chi connectivity index (χ0) is 17.2. The summed E-state index contributed by atoms with van der Waals surface area (Å²) in [5, 5.41) is 9.19. The molecule has 0 aliphatic heterocycles. The number of hydrogen-bond acceptors (Lipinski definition) is 4. The highest BCUT2D eigenvalue weighted by atomic mass is 16.4. The highest BCUT2D eigenvalue weighted by molar-refractivity contribution is 5.92. The lowest BCUT2D eigenvalue weighted by Gasteiger charge is -2.05. The molecule has 4 aromatic rings.